The molecule has 0 bridgehead atoms. The number of nitrogens with zero attached hydrogens (tertiary/aromatic N) is 2. The molecule has 1 heterocycles. The largest absolute Gasteiger partial charge is 0.395 e. The Bertz CT molecular complexity index is 374. The lowest BCUT2D eigenvalue weighted by molar-refractivity contribution is 0.0647. The number of rotatable bonds is 6. The van der Waals surface area contributed by atoms with Crippen LogP contribution >= 0.6 is 0 Å². The zero-order valence-corrected chi connectivity index (χ0v) is 10.6. The topological polar surface area (TPSA) is 54.7 Å². The summed E-state index contributed by atoms with van der Waals surface area (Å²) in [6, 6.07) is 3.70. The van der Waals surface area contributed by atoms with Crippen LogP contribution in [0.4, 0.5) is 0 Å². The number of carbonyl (C=O) groups excluding carboxylic acids is 1. The lowest BCUT2D eigenvalue weighted by Crippen LogP contribution is -2.37. The number of methoxy groups -OCH3 is 1. The van der Waals surface area contributed by atoms with Gasteiger partial charge in [0.2, 0.25) is 0 Å². The normalized spacial score (nSPS) is 10.6. The standard InChI is InChI=1S/C12H20N2O3/c1-10-4-5-11(13(10)2)12(16)14(6-8-15)7-9-17-3/h4-5,15H,6-9H2,1-3H3. The zero-order valence-electron chi connectivity index (χ0n) is 10.6. The predicted molar refractivity (Wildman–Crippen MR) is 65.0 cm³/mol. The highest BCUT2D eigenvalue weighted by atomic mass is 16.5. The van der Waals surface area contributed by atoms with Gasteiger partial charge in [-0.3, -0.25) is 4.79 Å². The third-order valence-electron chi connectivity index (χ3n) is 2.81. The van der Waals surface area contributed by atoms with Crippen molar-refractivity contribution in [1.29, 1.82) is 0 Å². The molecule has 5 nitrogen and oxygen atoms in total. The summed E-state index contributed by atoms with van der Waals surface area (Å²) in [6.45, 7) is 3.18. The van der Waals surface area contributed by atoms with Crippen molar-refractivity contribution in [1.82, 2.24) is 9.47 Å². The van der Waals surface area contributed by atoms with Crippen LogP contribution in [-0.2, 0) is 11.8 Å². The Balaban J connectivity index is 2.80. The number of hydrogen-bond donors (Lipinski definition) is 1. The van der Waals surface area contributed by atoms with Crippen molar-refractivity contribution in [3.05, 3.63) is 23.5 Å². The molecule has 0 saturated heterocycles. The van der Waals surface area contributed by atoms with E-state index in [-0.39, 0.29) is 12.5 Å². The average Bonchev–Trinajstić information content (AvgIpc) is 2.65. The minimum absolute atomic E-state index is 0.0428. The maximum absolute atomic E-state index is 12.2. The number of aliphatic hydroxyl groups is 1. The van der Waals surface area contributed by atoms with Gasteiger partial charge in [0.15, 0.2) is 0 Å². The SMILES string of the molecule is COCCN(CCO)C(=O)c1ccc(C)n1C. The second kappa shape index (κ2) is 6.42. The van der Waals surface area contributed by atoms with Crippen LogP contribution in [0.2, 0.25) is 0 Å². The van der Waals surface area contributed by atoms with Crippen LogP contribution in [0.3, 0.4) is 0 Å². The fourth-order valence-electron chi connectivity index (χ4n) is 1.63. The Morgan fingerprint density at radius 3 is 2.65 bits per heavy atom. The van der Waals surface area contributed by atoms with E-state index in [4.69, 9.17) is 9.84 Å². The van der Waals surface area contributed by atoms with Crippen molar-refractivity contribution in [2.24, 2.45) is 7.05 Å². The van der Waals surface area contributed by atoms with Crippen molar-refractivity contribution in [2.45, 2.75) is 6.92 Å². The van der Waals surface area contributed by atoms with Crippen LogP contribution in [0.1, 0.15) is 16.2 Å². The maximum Gasteiger partial charge on any atom is 0.270 e. The number of aliphatic hydroxyl groups excluding tert-OH is 1. The molecule has 5 heteroatoms. The molecule has 0 unspecified atom stereocenters. The molecule has 17 heavy (non-hydrogen) atoms. The van der Waals surface area contributed by atoms with Gasteiger partial charge >= 0.3 is 0 Å². The van der Waals surface area contributed by atoms with E-state index in [1.807, 2.05) is 24.6 Å². The Kier molecular flexibility index (Phi) is 5.18. The molecule has 0 aliphatic carbocycles. The Hall–Kier alpha value is -1.33. The van der Waals surface area contributed by atoms with Gasteiger partial charge in [-0.05, 0) is 19.1 Å². The van der Waals surface area contributed by atoms with Gasteiger partial charge in [0.1, 0.15) is 5.69 Å². The molecule has 96 valence electrons. The van der Waals surface area contributed by atoms with E-state index in [9.17, 15) is 4.79 Å². The summed E-state index contributed by atoms with van der Waals surface area (Å²) in [7, 11) is 3.45. The van der Waals surface area contributed by atoms with Crippen LogP contribution in [0.5, 0.6) is 0 Å². The summed E-state index contributed by atoms with van der Waals surface area (Å²) < 4.78 is 6.80. The number of hydrogen-bond acceptors (Lipinski definition) is 3. The van der Waals surface area contributed by atoms with Crippen molar-refractivity contribution in [3.8, 4) is 0 Å². The molecule has 0 atom stereocenters. The first kappa shape index (κ1) is 13.7. The second-order valence-electron chi connectivity index (χ2n) is 3.93. The first-order valence-electron chi connectivity index (χ1n) is 5.63. The number of aryl methyl sites for hydroxylation is 1. The van der Waals surface area contributed by atoms with Gasteiger partial charge in [0, 0.05) is 32.9 Å². The summed E-state index contributed by atoms with van der Waals surface area (Å²) in [5, 5.41) is 8.96. The molecule has 0 saturated carbocycles. The van der Waals surface area contributed by atoms with Crippen LogP contribution in [0.15, 0.2) is 12.1 Å². The van der Waals surface area contributed by atoms with Gasteiger partial charge < -0.3 is 19.3 Å². The summed E-state index contributed by atoms with van der Waals surface area (Å²) in [4.78, 5) is 13.8. The third-order valence-corrected chi connectivity index (χ3v) is 2.81. The number of amides is 1. The van der Waals surface area contributed by atoms with E-state index in [2.05, 4.69) is 0 Å². The van der Waals surface area contributed by atoms with E-state index < -0.39 is 0 Å². The fourth-order valence-corrected chi connectivity index (χ4v) is 1.63. The molecule has 0 aliphatic rings. The van der Waals surface area contributed by atoms with Gasteiger partial charge in [-0.15, -0.1) is 0 Å². The zero-order chi connectivity index (χ0) is 12.8. The van der Waals surface area contributed by atoms with Gasteiger partial charge in [0.05, 0.1) is 13.2 Å². The highest BCUT2D eigenvalue weighted by molar-refractivity contribution is 5.93. The molecule has 0 spiro atoms. The maximum atomic E-state index is 12.2. The molecule has 1 N–H and O–H groups in total. The van der Waals surface area contributed by atoms with E-state index in [0.29, 0.717) is 25.4 Å². The van der Waals surface area contributed by atoms with Crippen molar-refractivity contribution < 1.29 is 14.6 Å². The number of carbonyl (C=O) groups is 1. The van der Waals surface area contributed by atoms with Crippen LogP contribution < -0.4 is 0 Å². The average molecular weight is 240 g/mol. The smallest absolute Gasteiger partial charge is 0.270 e. The minimum atomic E-state index is -0.0771. The van der Waals surface area contributed by atoms with Gasteiger partial charge in [-0.1, -0.05) is 0 Å². The highest BCUT2D eigenvalue weighted by Crippen LogP contribution is 2.09. The molecule has 1 amide bonds. The Morgan fingerprint density at radius 2 is 2.18 bits per heavy atom. The van der Waals surface area contributed by atoms with Gasteiger partial charge in [-0.2, -0.15) is 0 Å². The monoisotopic (exact) mass is 240 g/mol. The van der Waals surface area contributed by atoms with E-state index in [1.165, 1.54) is 0 Å². The fraction of sp³-hybridized carbons (Fsp3) is 0.583. The first-order valence-corrected chi connectivity index (χ1v) is 5.63. The van der Waals surface area contributed by atoms with Crippen molar-refractivity contribution >= 4 is 5.91 Å². The van der Waals surface area contributed by atoms with E-state index in [0.717, 1.165) is 5.69 Å². The second-order valence-corrected chi connectivity index (χ2v) is 3.93. The molecule has 0 aromatic carbocycles. The summed E-state index contributed by atoms with van der Waals surface area (Å²) in [5.41, 5.74) is 1.66. The summed E-state index contributed by atoms with van der Waals surface area (Å²) >= 11 is 0. The molecule has 0 radical (unpaired) electrons. The van der Waals surface area contributed by atoms with Gasteiger partial charge in [0.25, 0.3) is 5.91 Å². The first-order chi connectivity index (χ1) is 8.11. The van der Waals surface area contributed by atoms with Gasteiger partial charge in [-0.25, -0.2) is 0 Å². The van der Waals surface area contributed by atoms with E-state index in [1.54, 1.807) is 18.1 Å². The van der Waals surface area contributed by atoms with Crippen molar-refractivity contribution in [2.75, 3.05) is 33.4 Å². The van der Waals surface area contributed by atoms with E-state index >= 15 is 0 Å². The predicted octanol–water partition coefficient (Wildman–Crippen LogP) is 0.414. The minimum Gasteiger partial charge on any atom is -0.395 e. The lowest BCUT2D eigenvalue weighted by Gasteiger charge is -2.21. The van der Waals surface area contributed by atoms with Crippen LogP contribution in [-0.4, -0.2) is 53.9 Å². The van der Waals surface area contributed by atoms with Crippen LogP contribution in [0, 0.1) is 6.92 Å². The molecule has 0 fully saturated rings. The summed E-state index contributed by atoms with van der Waals surface area (Å²) in [5.74, 6) is -0.0771. The highest BCUT2D eigenvalue weighted by Gasteiger charge is 2.18. The molecular weight excluding hydrogens is 220 g/mol. The molecule has 1 aromatic rings. The molecule has 1 rings (SSSR count). The Morgan fingerprint density at radius 1 is 1.47 bits per heavy atom. The Labute approximate surface area is 102 Å². The molecular formula is C12H20N2O3. The third kappa shape index (κ3) is 3.31. The lowest BCUT2D eigenvalue weighted by atomic mass is 10.3. The number of aromatic nitrogens is 1. The quantitative estimate of drug-likeness (QED) is 0.784. The van der Waals surface area contributed by atoms with Crippen molar-refractivity contribution in [3.63, 3.8) is 0 Å². The number of ether oxygens (including phenoxy) is 1. The summed E-state index contributed by atoms with van der Waals surface area (Å²) in [6.07, 6.45) is 0. The molecule has 0 aliphatic heterocycles. The molecule has 1 aromatic heterocycles. The van der Waals surface area contributed by atoms with Crippen LogP contribution in [0.25, 0.3) is 0 Å².